The Kier molecular flexibility index (Phi) is 13.2. The lowest BCUT2D eigenvalue weighted by molar-refractivity contribution is -0.301. The van der Waals surface area contributed by atoms with E-state index in [9.17, 15) is 14.4 Å². The van der Waals surface area contributed by atoms with E-state index in [0.29, 0.717) is 24.6 Å². The molecule has 1 fully saturated rings. The number of nitrogens with zero attached hydrogens (tertiary/aromatic N) is 1. The van der Waals surface area contributed by atoms with Crippen LogP contribution in [0, 0.1) is 17.8 Å². The molecule has 0 aliphatic carbocycles. The van der Waals surface area contributed by atoms with E-state index >= 15 is 0 Å². The Morgan fingerprint density at radius 1 is 1.02 bits per heavy atom. The molecular formula is C32H43NO8S. The third kappa shape index (κ3) is 9.74. The second kappa shape index (κ2) is 16.5. The third-order valence-corrected chi connectivity index (χ3v) is 8.38. The number of rotatable bonds is 14. The zero-order valence-electron chi connectivity index (χ0n) is 25.2. The van der Waals surface area contributed by atoms with Crippen molar-refractivity contribution in [3.8, 4) is 0 Å². The molecule has 0 aromatic heterocycles. The fourth-order valence-electron chi connectivity index (χ4n) is 4.94. The Bertz CT molecular complexity index is 1130. The molecule has 1 unspecified atom stereocenters. The van der Waals surface area contributed by atoms with E-state index in [2.05, 4.69) is 13.8 Å². The van der Waals surface area contributed by atoms with Gasteiger partial charge in [-0.15, -0.1) is 11.8 Å². The summed E-state index contributed by atoms with van der Waals surface area (Å²) in [6.45, 7) is 8.38. The predicted molar refractivity (Wildman–Crippen MR) is 160 cm³/mol. The number of carbonyl (C=O) groups is 3. The summed E-state index contributed by atoms with van der Waals surface area (Å²) in [7, 11) is 1.31. The molecule has 10 heteroatoms. The summed E-state index contributed by atoms with van der Waals surface area (Å²) in [6.07, 6.45) is -0.445. The first kappa shape index (κ1) is 33.4. The molecule has 0 saturated carbocycles. The zero-order valence-corrected chi connectivity index (χ0v) is 26.0. The lowest BCUT2D eigenvalue weighted by Crippen LogP contribution is -2.57. The van der Waals surface area contributed by atoms with Gasteiger partial charge in [-0.1, -0.05) is 81.4 Å². The van der Waals surface area contributed by atoms with Crippen LogP contribution in [0.15, 0.2) is 60.7 Å². The lowest BCUT2D eigenvalue weighted by atomic mass is 9.78. The van der Waals surface area contributed by atoms with Crippen LogP contribution in [0.3, 0.4) is 0 Å². The molecule has 9 nitrogen and oxygen atoms in total. The summed E-state index contributed by atoms with van der Waals surface area (Å²) in [5.41, 5.74) is 1.90. The van der Waals surface area contributed by atoms with Crippen LogP contribution in [-0.2, 0) is 46.4 Å². The van der Waals surface area contributed by atoms with Crippen molar-refractivity contribution >= 4 is 29.8 Å². The highest BCUT2D eigenvalue weighted by atomic mass is 32.2. The molecule has 1 aliphatic heterocycles. The minimum atomic E-state index is -1.56. The molecular weight excluding hydrogens is 558 g/mol. The van der Waals surface area contributed by atoms with Crippen LogP contribution in [-0.4, -0.2) is 66.8 Å². The van der Waals surface area contributed by atoms with Gasteiger partial charge in [0.05, 0.1) is 32.3 Å². The molecule has 3 rings (SSSR count). The predicted octanol–water partition coefficient (Wildman–Crippen LogP) is 5.66. The van der Waals surface area contributed by atoms with Crippen molar-refractivity contribution in [2.45, 2.75) is 59.2 Å². The second-order valence-corrected chi connectivity index (χ2v) is 11.8. The topological polar surface area (TPSA) is 101 Å². The van der Waals surface area contributed by atoms with Crippen molar-refractivity contribution in [1.82, 2.24) is 4.90 Å². The second-order valence-electron chi connectivity index (χ2n) is 10.8. The van der Waals surface area contributed by atoms with E-state index in [4.69, 9.17) is 23.7 Å². The van der Waals surface area contributed by atoms with Gasteiger partial charge in [0.2, 0.25) is 0 Å². The maximum atomic E-state index is 13.0. The minimum absolute atomic E-state index is 0.0935. The van der Waals surface area contributed by atoms with Crippen molar-refractivity contribution < 1.29 is 38.1 Å². The molecule has 5 atom stereocenters. The van der Waals surface area contributed by atoms with Gasteiger partial charge in [-0.3, -0.25) is 9.69 Å². The number of hydrogen-bond donors (Lipinski definition) is 0. The molecule has 2 aromatic carbocycles. The molecule has 1 aliphatic rings. The average molecular weight is 602 g/mol. The summed E-state index contributed by atoms with van der Waals surface area (Å²) >= 11 is 1.49. The molecule has 230 valence electrons. The van der Waals surface area contributed by atoms with E-state index < -0.39 is 17.8 Å². The number of thioether (sulfide) groups is 1. The van der Waals surface area contributed by atoms with Crippen LogP contribution >= 0.6 is 11.8 Å². The van der Waals surface area contributed by atoms with Crippen molar-refractivity contribution in [3.63, 3.8) is 0 Å². The largest absolute Gasteiger partial charge is 0.465 e. The highest BCUT2D eigenvalue weighted by Gasteiger charge is 2.52. The van der Waals surface area contributed by atoms with E-state index in [1.807, 2.05) is 67.6 Å². The van der Waals surface area contributed by atoms with Crippen LogP contribution in [0.4, 0.5) is 4.79 Å². The monoisotopic (exact) mass is 601 g/mol. The molecule has 0 bridgehead atoms. The van der Waals surface area contributed by atoms with E-state index in [0.717, 1.165) is 11.1 Å². The summed E-state index contributed by atoms with van der Waals surface area (Å²) < 4.78 is 28.4. The van der Waals surface area contributed by atoms with Crippen LogP contribution in [0.25, 0.3) is 0 Å². The van der Waals surface area contributed by atoms with Crippen LogP contribution < -0.4 is 0 Å². The van der Waals surface area contributed by atoms with E-state index in [-0.39, 0.29) is 49.6 Å². The van der Waals surface area contributed by atoms with Gasteiger partial charge < -0.3 is 23.7 Å². The average Bonchev–Trinajstić information content (AvgIpc) is 3.00. The molecule has 0 spiro atoms. The Morgan fingerprint density at radius 3 is 2.29 bits per heavy atom. The molecule has 0 N–H and O–H groups in total. The Labute approximate surface area is 253 Å². The summed E-state index contributed by atoms with van der Waals surface area (Å²) in [5, 5.41) is 0. The Hall–Kier alpha value is -3.08. The molecule has 1 saturated heterocycles. The van der Waals surface area contributed by atoms with Crippen LogP contribution in [0.5, 0.6) is 0 Å². The van der Waals surface area contributed by atoms with Crippen LogP contribution in [0.1, 0.15) is 45.2 Å². The first-order valence-corrected chi connectivity index (χ1v) is 15.4. The number of amides is 1. The standard InChI is InChI=1S/C32H43NO8S/c1-23-18-32(30(35)37-5,41-29(25(23)3)24(2)20-38-26(4)34)40-16-17-42-22-33(19-27-12-8-6-9-13-27)31(36)39-21-28-14-10-7-11-15-28/h6-15,23-25,29H,16-22H2,1-5H3/t23-,24-,25-,29?,32-/m1/s1. The van der Waals surface area contributed by atoms with E-state index in [1.54, 1.807) is 4.90 Å². The first-order valence-electron chi connectivity index (χ1n) is 14.3. The van der Waals surface area contributed by atoms with Gasteiger partial charge in [-0.05, 0) is 23.0 Å². The maximum Gasteiger partial charge on any atom is 0.411 e. The van der Waals surface area contributed by atoms with Gasteiger partial charge in [0.15, 0.2) is 0 Å². The van der Waals surface area contributed by atoms with Gasteiger partial charge in [-0.25, -0.2) is 9.59 Å². The number of hydrogen-bond acceptors (Lipinski definition) is 9. The van der Waals surface area contributed by atoms with Gasteiger partial charge in [0.1, 0.15) is 6.61 Å². The number of methoxy groups -OCH3 is 1. The van der Waals surface area contributed by atoms with Crippen LogP contribution in [0.2, 0.25) is 0 Å². The Morgan fingerprint density at radius 2 is 1.67 bits per heavy atom. The van der Waals surface area contributed by atoms with Crippen molar-refractivity contribution in [1.29, 1.82) is 0 Å². The quantitative estimate of drug-likeness (QED) is 0.117. The summed E-state index contributed by atoms with van der Waals surface area (Å²) in [6, 6.07) is 19.3. The highest BCUT2D eigenvalue weighted by Crippen LogP contribution is 2.41. The molecule has 1 amide bonds. The van der Waals surface area contributed by atoms with Crippen molar-refractivity contribution in [2.24, 2.45) is 17.8 Å². The van der Waals surface area contributed by atoms with Crippen molar-refractivity contribution in [3.05, 3.63) is 71.8 Å². The third-order valence-electron chi connectivity index (χ3n) is 7.43. The number of esters is 2. The fourth-order valence-corrected chi connectivity index (χ4v) is 5.69. The maximum absolute atomic E-state index is 13.0. The number of carbonyl (C=O) groups excluding carboxylic acids is 3. The highest BCUT2D eigenvalue weighted by molar-refractivity contribution is 7.99. The lowest BCUT2D eigenvalue weighted by Gasteiger charge is -2.46. The van der Waals surface area contributed by atoms with Gasteiger partial charge in [0, 0.05) is 31.6 Å². The first-order chi connectivity index (χ1) is 20.1. The number of ether oxygens (including phenoxy) is 5. The summed E-state index contributed by atoms with van der Waals surface area (Å²) in [5.74, 6) is -1.60. The van der Waals surface area contributed by atoms with E-state index in [1.165, 1.54) is 25.8 Å². The van der Waals surface area contributed by atoms with Gasteiger partial charge in [0.25, 0.3) is 5.79 Å². The summed E-state index contributed by atoms with van der Waals surface area (Å²) in [4.78, 5) is 39.0. The number of benzene rings is 2. The molecule has 2 aromatic rings. The Balaban J connectivity index is 1.60. The smallest absolute Gasteiger partial charge is 0.411 e. The van der Waals surface area contributed by atoms with Crippen molar-refractivity contribution in [2.75, 3.05) is 32.0 Å². The fraction of sp³-hybridized carbons (Fsp3) is 0.531. The molecule has 0 radical (unpaired) electrons. The normalized spacial score (nSPS) is 22.5. The molecule has 42 heavy (non-hydrogen) atoms. The SMILES string of the molecule is COC(=O)[C@@]1(OCCSCN(Cc2ccccc2)C(=O)OCc2ccccc2)C[C@@H](C)[C@@H](C)C([C@H](C)COC(C)=O)O1. The molecule has 1 heterocycles. The zero-order chi connectivity index (χ0) is 30.5. The van der Waals surface area contributed by atoms with Gasteiger partial charge in [-0.2, -0.15) is 0 Å². The van der Waals surface area contributed by atoms with Gasteiger partial charge >= 0.3 is 18.0 Å². The minimum Gasteiger partial charge on any atom is -0.465 e.